The van der Waals surface area contributed by atoms with Crippen LogP contribution in [0.25, 0.3) is 11.0 Å². The van der Waals surface area contributed by atoms with Crippen LogP contribution in [0.4, 0.5) is 0 Å². The zero-order valence-corrected chi connectivity index (χ0v) is 26.0. The summed E-state index contributed by atoms with van der Waals surface area (Å²) < 4.78 is 17.8. The number of amides is 1. The Morgan fingerprint density at radius 2 is 1.88 bits per heavy atom. The van der Waals surface area contributed by atoms with Crippen LogP contribution in [-0.2, 0) is 25.5 Å². The number of aromatic nitrogens is 2. The van der Waals surface area contributed by atoms with Gasteiger partial charge in [0.15, 0.2) is 0 Å². The lowest BCUT2D eigenvalue weighted by Gasteiger charge is -2.34. The van der Waals surface area contributed by atoms with Crippen molar-refractivity contribution in [2.45, 2.75) is 104 Å². The Labute approximate surface area is 253 Å². The second-order valence-electron chi connectivity index (χ2n) is 13.5. The largest absolute Gasteiger partial charge is 0.497 e. The first-order chi connectivity index (χ1) is 20.5. The molecule has 234 valence electrons. The Morgan fingerprint density at radius 1 is 1.09 bits per heavy atom. The maximum Gasteiger partial charge on any atom is 0.326 e. The van der Waals surface area contributed by atoms with Gasteiger partial charge >= 0.3 is 11.9 Å². The summed E-state index contributed by atoms with van der Waals surface area (Å²) in [5.41, 5.74) is 1.51. The molecule has 2 bridgehead atoms. The Balaban J connectivity index is 1.55. The van der Waals surface area contributed by atoms with Gasteiger partial charge in [-0.1, -0.05) is 47.0 Å². The molecule has 6 atom stereocenters. The van der Waals surface area contributed by atoms with Gasteiger partial charge in [-0.15, -0.1) is 0 Å². The first-order valence-corrected chi connectivity index (χ1v) is 15.7. The van der Waals surface area contributed by atoms with Gasteiger partial charge < -0.3 is 24.2 Å². The standard InChI is InChI=1S/C33H45N3O7/c1-6-10-21-27-18-36(29(21)32(39)40)31(38)22(33(2,3)4)17-28(37)42-26-15-19(26)11-8-7-9-12-24-30(43-27)35-25-16-20(41-5)13-14-23(25)34-24/h13-14,16,19,21-22,26-27,29H,6-12,15,17-18H2,1-5H3,(H,39,40)/t19-,21-,22-,26-,27+,29+/m1/s1. The van der Waals surface area contributed by atoms with Gasteiger partial charge in [-0.05, 0) is 55.6 Å². The predicted octanol–water partition coefficient (Wildman–Crippen LogP) is 5.20. The van der Waals surface area contributed by atoms with Crippen molar-refractivity contribution < 1.29 is 33.7 Å². The van der Waals surface area contributed by atoms with Crippen LogP contribution in [-0.4, -0.2) is 69.7 Å². The van der Waals surface area contributed by atoms with E-state index in [1.54, 1.807) is 7.11 Å². The summed E-state index contributed by atoms with van der Waals surface area (Å²) in [6, 6.07) is 4.46. The van der Waals surface area contributed by atoms with Gasteiger partial charge in [0.05, 0.1) is 37.0 Å². The molecule has 3 heterocycles. The van der Waals surface area contributed by atoms with Gasteiger partial charge in [0, 0.05) is 12.0 Å². The van der Waals surface area contributed by atoms with Crippen LogP contribution in [0, 0.1) is 23.2 Å². The number of ether oxygens (including phenoxy) is 3. The summed E-state index contributed by atoms with van der Waals surface area (Å²) in [4.78, 5) is 51.2. The molecule has 0 radical (unpaired) electrons. The topological polar surface area (TPSA) is 128 Å². The molecule has 3 aliphatic rings. The van der Waals surface area contributed by atoms with Crippen molar-refractivity contribution in [3.63, 3.8) is 0 Å². The van der Waals surface area contributed by atoms with Crippen LogP contribution in [0.5, 0.6) is 11.6 Å². The quantitative estimate of drug-likeness (QED) is 0.475. The Kier molecular flexibility index (Phi) is 9.13. The van der Waals surface area contributed by atoms with Crippen molar-refractivity contribution in [3.8, 4) is 11.6 Å². The smallest absolute Gasteiger partial charge is 0.326 e. The second-order valence-corrected chi connectivity index (χ2v) is 13.5. The molecule has 5 rings (SSSR count). The normalized spacial score (nSPS) is 28.6. The average Bonchev–Trinajstić information content (AvgIpc) is 3.58. The molecule has 2 aromatic rings. The lowest BCUT2D eigenvalue weighted by atomic mass is 9.77. The third-order valence-corrected chi connectivity index (χ3v) is 9.27. The fourth-order valence-electron chi connectivity index (χ4n) is 6.70. The molecule has 1 aromatic carbocycles. The SMILES string of the molecule is CCC[C@@H]1[C@@H]2CN(C(=O)[C@H](C(C)(C)C)CC(=O)O[C@@H]3C[C@H]3CCCCCc3nc4ccc(OC)cc4nc3O2)[C@@H]1C(=O)O. The number of carbonyl (C=O) groups excluding carboxylic acids is 2. The average molecular weight is 596 g/mol. The number of esters is 1. The molecular formula is C33H45N3O7. The number of aryl methyl sites for hydroxylation is 1. The minimum absolute atomic E-state index is 0.0828. The van der Waals surface area contributed by atoms with E-state index < -0.39 is 41.3 Å². The number of benzene rings is 1. The lowest BCUT2D eigenvalue weighted by molar-refractivity contribution is -0.157. The summed E-state index contributed by atoms with van der Waals surface area (Å²) in [5.74, 6) is -1.62. The molecule has 0 spiro atoms. The third kappa shape index (κ3) is 6.88. The summed E-state index contributed by atoms with van der Waals surface area (Å²) in [5, 5.41) is 10.4. The fourth-order valence-corrected chi connectivity index (χ4v) is 6.70. The van der Waals surface area contributed by atoms with Crippen molar-refractivity contribution >= 4 is 28.9 Å². The molecule has 1 saturated carbocycles. The highest BCUT2D eigenvalue weighted by molar-refractivity contribution is 5.89. The first-order valence-electron chi connectivity index (χ1n) is 15.7. The summed E-state index contributed by atoms with van der Waals surface area (Å²) in [6.07, 6.45) is 5.91. The van der Waals surface area contributed by atoms with E-state index in [4.69, 9.17) is 24.2 Å². The zero-order chi connectivity index (χ0) is 30.9. The van der Waals surface area contributed by atoms with Crippen LogP contribution in [0.3, 0.4) is 0 Å². The minimum Gasteiger partial charge on any atom is -0.497 e. The maximum atomic E-state index is 14.2. The molecule has 1 aliphatic carbocycles. The molecule has 1 aromatic heterocycles. The molecule has 1 amide bonds. The first kappa shape index (κ1) is 31.0. The fraction of sp³-hybridized carbons (Fsp3) is 0.667. The number of hydrogen-bond acceptors (Lipinski definition) is 8. The number of aliphatic carboxylic acids is 1. The van der Waals surface area contributed by atoms with Gasteiger partial charge in [-0.25, -0.2) is 14.8 Å². The number of hydrogen-bond donors (Lipinski definition) is 1. The number of carboxylic acids is 1. The predicted molar refractivity (Wildman–Crippen MR) is 160 cm³/mol. The van der Waals surface area contributed by atoms with Crippen molar-refractivity contribution in [2.75, 3.05) is 13.7 Å². The number of fused-ring (bicyclic) bond motifs is 5. The van der Waals surface area contributed by atoms with Gasteiger partial charge in [0.2, 0.25) is 11.8 Å². The van der Waals surface area contributed by atoms with E-state index in [1.165, 1.54) is 4.90 Å². The van der Waals surface area contributed by atoms with E-state index in [-0.39, 0.29) is 25.0 Å². The van der Waals surface area contributed by atoms with E-state index in [2.05, 4.69) is 0 Å². The van der Waals surface area contributed by atoms with Gasteiger partial charge in [-0.2, -0.15) is 0 Å². The molecule has 10 heteroatoms. The number of carboxylic acid groups (broad SMARTS) is 1. The van der Waals surface area contributed by atoms with Crippen LogP contribution >= 0.6 is 0 Å². The van der Waals surface area contributed by atoms with Crippen LogP contribution in [0.15, 0.2) is 18.2 Å². The van der Waals surface area contributed by atoms with Crippen LogP contribution in [0.2, 0.25) is 0 Å². The number of nitrogens with zero attached hydrogens (tertiary/aromatic N) is 3. The van der Waals surface area contributed by atoms with E-state index in [0.717, 1.165) is 49.7 Å². The van der Waals surface area contributed by atoms with Crippen molar-refractivity contribution in [2.24, 2.45) is 23.2 Å². The summed E-state index contributed by atoms with van der Waals surface area (Å²) in [7, 11) is 1.60. The molecule has 0 unspecified atom stereocenters. The van der Waals surface area contributed by atoms with E-state index in [0.29, 0.717) is 35.9 Å². The maximum absolute atomic E-state index is 14.2. The molecule has 2 aliphatic heterocycles. The van der Waals surface area contributed by atoms with E-state index >= 15 is 0 Å². The Bertz CT molecular complexity index is 1360. The lowest BCUT2D eigenvalue weighted by Crippen LogP contribution is -2.48. The minimum atomic E-state index is -1.08. The third-order valence-electron chi connectivity index (χ3n) is 9.27. The molecule has 10 nitrogen and oxygen atoms in total. The highest BCUT2D eigenvalue weighted by atomic mass is 16.5. The molecule has 2 fully saturated rings. The number of carbonyl (C=O) groups is 3. The van der Waals surface area contributed by atoms with Crippen LogP contribution in [0.1, 0.15) is 84.8 Å². The Hall–Kier alpha value is -3.43. The molecule has 1 saturated heterocycles. The zero-order valence-electron chi connectivity index (χ0n) is 26.0. The van der Waals surface area contributed by atoms with Crippen molar-refractivity contribution in [3.05, 3.63) is 23.9 Å². The van der Waals surface area contributed by atoms with E-state index in [1.807, 2.05) is 45.9 Å². The van der Waals surface area contributed by atoms with Crippen molar-refractivity contribution in [1.82, 2.24) is 14.9 Å². The molecule has 43 heavy (non-hydrogen) atoms. The van der Waals surface area contributed by atoms with Crippen molar-refractivity contribution in [1.29, 1.82) is 0 Å². The molecular weight excluding hydrogens is 550 g/mol. The van der Waals surface area contributed by atoms with Gasteiger partial charge in [0.1, 0.15) is 29.7 Å². The van der Waals surface area contributed by atoms with Gasteiger partial charge in [-0.3, -0.25) is 9.59 Å². The van der Waals surface area contributed by atoms with Gasteiger partial charge in [0.25, 0.3) is 0 Å². The highest BCUT2D eigenvalue weighted by Gasteiger charge is 2.52. The second kappa shape index (κ2) is 12.7. The number of rotatable bonds is 4. The molecule has 1 N–H and O–H groups in total. The Morgan fingerprint density at radius 3 is 2.58 bits per heavy atom. The number of methoxy groups -OCH3 is 1. The van der Waals surface area contributed by atoms with Crippen LogP contribution < -0.4 is 9.47 Å². The summed E-state index contributed by atoms with van der Waals surface area (Å²) in [6.45, 7) is 7.80. The van der Waals surface area contributed by atoms with E-state index in [9.17, 15) is 19.5 Å². The monoisotopic (exact) mass is 595 g/mol. The highest BCUT2D eigenvalue weighted by Crippen LogP contribution is 2.41. The summed E-state index contributed by atoms with van der Waals surface area (Å²) >= 11 is 0.